The van der Waals surface area contributed by atoms with Gasteiger partial charge in [0.25, 0.3) is 0 Å². The second-order valence-electron chi connectivity index (χ2n) is 9.90. The second-order valence-corrected chi connectivity index (χ2v) is 9.90. The minimum atomic E-state index is 0.162. The maximum absolute atomic E-state index is 4.50. The van der Waals surface area contributed by atoms with E-state index in [0.717, 1.165) is 31.2 Å². The summed E-state index contributed by atoms with van der Waals surface area (Å²) in [5, 5.41) is 0. The molecule has 0 aliphatic heterocycles. The normalized spacial score (nSPS) is 14.0. The molecule has 2 N–H and O–H groups in total. The van der Waals surface area contributed by atoms with E-state index in [1.54, 1.807) is 5.57 Å². The van der Waals surface area contributed by atoms with Crippen LogP contribution in [0.15, 0.2) is 48.6 Å². The Balaban J connectivity index is 1.36. The molecule has 0 saturated carbocycles. The maximum Gasteiger partial charge on any atom is 0.123 e. The fraction of sp³-hybridized carbons (Fsp3) is 0.517. The first-order valence-electron chi connectivity index (χ1n) is 13.4. The van der Waals surface area contributed by atoms with Gasteiger partial charge in [0.15, 0.2) is 0 Å². The SMILES string of the molecule is CCCN(CCC)CCCCC1=Cc2cc(CN(Cc3ncc[nH]3)C(C)c3ncc[nH]3)ccc2C1. The van der Waals surface area contributed by atoms with Crippen molar-refractivity contribution < 1.29 is 0 Å². The average Bonchev–Trinajstić information content (AvgIpc) is 3.63. The molecule has 1 aliphatic carbocycles. The van der Waals surface area contributed by atoms with Gasteiger partial charge in [-0.25, -0.2) is 9.97 Å². The molecule has 3 aromatic rings. The van der Waals surface area contributed by atoms with Crippen LogP contribution in [0.2, 0.25) is 0 Å². The molecule has 6 heteroatoms. The fourth-order valence-electron chi connectivity index (χ4n) is 5.19. The monoisotopic (exact) mass is 474 g/mol. The molecule has 188 valence electrons. The van der Waals surface area contributed by atoms with Crippen LogP contribution in [0, 0.1) is 0 Å². The van der Waals surface area contributed by atoms with Crippen molar-refractivity contribution in [2.75, 3.05) is 19.6 Å². The lowest BCUT2D eigenvalue weighted by Gasteiger charge is -2.27. The third kappa shape index (κ3) is 7.15. The van der Waals surface area contributed by atoms with Gasteiger partial charge in [-0.15, -0.1) is 0 Å². The van der Waals surface area contributed by atoms with E-state index in [-0.39, 0.29) is 6.04 Å². The predicted molar refractivity (Wildman–Crippen MR) is 144 cm³/mol. The van der Waals surface area contributed by atoms with Gasteiger partial charge in [-0.1, -0.05) is 43.7 Å². The minimum Gasteiger partial charge on any atom is -0.348 e. The van der Waals surface area contributed by atoms with E-state index in [1.807, 2.05) is 24.8 Å². The van der Waals surface area contributed by atoms with Gasteiger partial charge in [-0.2, -0.15) is 0 Å². The molecule has 2 heterocycles. The van der Waals surface area contributed by atoms with Gasteiger partial charge < -0.3 is 14.9 Å². The molecule has 0 saturated heterocycles. The van der Waals surface area contributed by atoms with Crippen molar-refractivity contribution in [1.82, 2.24) is 29.7 Å². The molecule has 2 aromatic heterocycles. The van der Waals surface area contributed by atoms with Gasteiger partial charge >= 0.3 is 0 Å². The first-order valence-corrected chi connectivity index (χ1v) is 13.4. The highest BCUT2D eigenvalue weighted by molar-refractivity contribution is 5.64. The van der Waals surface area contributed by atoms with E-state index in [9.17, 15) is 0 Å². The van der Waals surface area contributed by atoms with Crippen LogP contribution in [-0.4, -0.2) is 49.4 Å². The number of H-pyrrole nitrogens is 2. The van der Waals surface area contributed by atoms with Crippen molar-refractivity contribution in [3.63, 3.8) is 0 Å². The average molecular weight is 475 g/mol. The Hall–Kier alpha value is -2.70. The van der Waals surface area contributed by atoms with Gasteiger partial charge in [0.05, 0.1) is 12.6 Å². The molecule has 0 spiro atoms. The number of hydrogen-bond acceptors (Lipinski definition) is 4. The zero-order valence-corrected chi connectivity index (χ0v) is 21.8. The minimum absolute atomic E-state index is 0.162. The highest BCUT2D eigenvalue weighted by Gasteiger charge is 2.21. The van der Waals surface area contributed by atoms with Crippen LogP contribution in [0.5, 0.6) is 0 Å². The van der Waals surface area contributed by atoms with E-state index in [4.69, 9.17) is 0 Å². The second kappa shape index (κ2) is 12.8. The van der Waals surface area contributed by atoms with Crippen molar-refractivity contribution in [3.8, 4) is 0 Å². The van der Waals surface area contributed by atoms with Gasteiger partial charge in [0, 0.05) is 31.3 Å². The largest absolute Gasteiger partial charge is 0.348 e. The Morgan fingerprint density at radius 2 is 1.74 bits per heavy atom. The first-order chi connectivity index (χ1) is 17.2. The molecule has 6 nitrogen and oxygen atoms in total. The number of nitrogens with one attached hydrogen (secondary N) is 2. The number of imidazole rings is 2. The molecule has 0 radical (unpaired) electrons. The number of unbranched alkanes of at least 4 members (excludes halogenated alkanes) is 1. The van der Waals surface area contributed by atoms with Crippen LogP contribution >= 0.6 is 0 Å². The third-order valence-electron chi connectivity index (χ3n) is 7.05. The van der Waals surface area contributed by atoms with Crippen LogP contribution in [0.1, 0.15) is 87.3 Å². The number of nitrogens with zero attached hydrogens (tertiary/aromatic N) is 4. The number of aromatic amines is 2. The number of rotatable bonds is 15. The van der Waals surface area contributed by atoms with E-state index in [0.29, 0.717) is 0 Å². The summed E-state index contributed by atoms with van der Waals surface area (Å²) < 4.78 is 0. The molecular formula is C29H42N6. The molecule has 1 atom stereocenters. The van der Waals surface area contributed by atoms with E-state index >= 15 is 0 Å². The summed E-state index contributed by atoms with van der Waals surface area (Å²) in [5.41, 5.74) is 5.80. The smallest absolute Gasteiger partial charge is 0.123 e. The van der Waals surface area contributed by atoms with E-state index in [2.05, 4.69) is 74.8 Å². The van der Waals surface area contributed by atoms with Crippen molar-refractivity contribution in [3.05, 3.63) is 76.9 Å². The summed E-state index contributed by atoms with van der Waals surface area (Å²) in [6.07, 6.45) is 17.3. The summed E-state index contributed by atoms with van der Waals surface area (Å²) >= 11 is 0. The molecule has 1 unspecified atom stereocenters. The Bertz CT molecular complexity index is 1030. The maximum atomic E-state index is 4.50. The summed E-state index contributed by atoms with van der Waals surface area (Å²) in [4.78, 5) is 20.5. The van der Waals surface area contributed by atoms with Crippen molar-refractivity contribution in [1.29, 1.82) is 0 Å². The topological polar surface area (TPSA) is 63.8 Å². The van der Waals surface area contributed by atoms with Crippen molar-refractivity contribution >= 4 is 6.08 Å². The highest BCUT2D eigenvalue weighted by atomic mass is 15.2. The summed E-state index contributed by atoms with van der Waals surface area (Å²) in [6.45, 7) is 12.1. The summed E-state index contributed by atoms with van der Waals surface area (Å²) in [7, 11) is 0. The molecule has 0 bridgehead atoms. The number of fused-ring (bicyclic) bond motifs is 1. The third-order valence-corrected chi connectivity index (χ3v) is 7.05. The van der Waals surface area contributed by atoms with E-state index < -0.39 is 0 Å². The summed E-state index contributed by atoms with van der Waals surface area (Å²) in [5.74, 6) is 1.96. The molecule has 0 amide bonds. The standard InChI is InChI=1S/C29H42N6/c1-4-15-34(16-5-2)17-7-6-8-24-18-26-10-9-25(20-27(26)19-24)21-35(22-28-30-11-12-31-28)23(3)29-32-13-14-33-29/h9-14,19-20,23H,4-8,15-18,21-22H2,1-3H3,(H,30,31)(H,32,33). The van der Waals surface area contributed by atoms with Crippen LogP contribution in [0.4, 0.5) is 0 Å². The molecule has 35 heavy (non-hydrogen) atoms. The van der Waals surface area contributed by atoms with Gasteiger partial charge in [-0.05, 0) is 81.8 Å². The predicted octanol–water partition coefficient (Wildman–Crippen LogP) is 6.13. The lowest BCUT2D eigenvalue weighted by atomic mass is 10.0. The van der Waals surface area contributed by atoms with Crippen molar-refractivity contribution in [2.24, 2.45) is 0 Å². The molecule has 1 aliphatic rings. The molecular weight excluding hydrogens is 432 g/mol. The Kier molecular flexibility index (Phi) is 9.32. The van der Waals surface area contributed by atoms with Gasteiger partial charge in [0.1, 0.15) is 11.6 Å². The number of allylic oxidation sites excluding steroid dienone is 1. The molecule has 1 aromatic carbocycles. The number of benzene rings is 1. The van der Waals surface area contributed by atoms with Crippen LogP contribution in [0.3, 0.4) is 0 Å². The Labute approximate surface area is 210 Å². The Morgan fingerprint density at radius 3 is 2.46 bits per heavy atom. The van der Waals surface area contributed by atoms with Crippen molar-refractivity contribution in [2.45, 2.75) is 78.4 Å². The number of hydrogen-bond donors (Lipinski definition) is 2. The van der Waals surface area contributed by atoms with Gasteiger partial charge in [-0.3, -0.25) is 4.90 Å². The zero-order chi connectivity index (χ0) is 24.5. The molecule has 0 fully saturated rings. The van der Waals surface area contributed by atoms with Crippen LogP contribution in [-0.2, 0) is 19.5 Å². The summed E-state index contributed by atoms with van der Waals surface area (Å²) in [6, 6.07) is 7.18. The quantitative estimate of drug-likeness (QED) is 0.260. The first kappa shape index (κ1) is 25.4. The van der Waals surface area contributed by atoms with Gasteiger partial charge in [0.2, 0.25) is 0 Å². The van der Waals surface area contributed by atoms with E-state index in [1.165, 1.54) is 68.4 Å². The molecule has 4 rings (SSSR count). The number of aromatic nitrogens is 4. The highest BCUT2D eigenvalue weighted by Crippen LogP contribution is 2.30. The van der Waals surface area contributed by atoms with Crippen LogP contribution < -0.4 is 0 Å². The van der Waals surface area contributed by atoms with Crippen LogP contribution in [0.25, 0.3) is 6.08 Å². The zero-order valence-electron chi connectivity index (χ0n) is 21.8. The Morgan fingerprint density at radius 1 is 0.943 bits per heavy atom. The lowest BCUT2D eigenvalue weighted by molar-refractivity contribution is 0.181. The lowest BCUT2D eigenvalue weighted by Crippen LogP contribution is -2.27. The fourth-order valence-corrected chi connectivity index (χ4v) is 5.19.